The van der Waals surface area contributed by atoms with Crippen molar-refractivity contribution in [2.45, 2.75) is 32.0 Å². The molecule has 1 aromatic rings. The van der Waals surface area contributed by atoms with Gasteiger partial charge in [-0.05, 0) is 37.0 Å². The van der Waals surface area contributed by atoms with E-state index in [1.54, 1.807) is 0 Å². The van der Waals surface area contributed by atoms with Crippen molar-refractivity contribution in [3.63, 3.8) is 0 Å². The third kappa shape index (κ3) is 2.86. The molecule has 0 amide bonds. The molecular weight excluding hydrogens is 251 g/mol. The Hall–Kier alpha value is -0.900. The van der Waals surface area contributed by atoms with E-state index in [-0.39, 0.29) is 16.8 Å². The van der Waals surface area contributed by atoms with Crippen LogP contribution in [0.1, 0.15) is 25.3 Å². The predicted octanol–water partition coefficient (Wildman–Crippen LogP) is 4.57. The summed E-state index contributed by atoms with van der Waals surface area (Å²) in [6.07, 6.45) is -2.54. The molecule has 0 saturated heterocycles. The summed E-state index contributed by atoms with van der Waals surface area (Å²) in [7, 11) is 0. The van der Waals surface area contributed by atoms with Crippen LogP contribution in [-0.4, -0.2) is 6.04 Å². The Bertz CT molecular complexity index is 411. The third-order valence-corrected chi connectivity index (χ3v) is 3.26. The number of anilines is 1. The van der Waals surface area contributed by atoms with E-state index in [2.05, 4.69) is 12.2 Å². The minimum absolute atomic E-state index is 0.102. The summed E-state index contributed by atoms with van der Waals surface area (Å²) in [4.78, 5) is 0. The SMILES string of the molecule is CC1CC(Nc2ccc(Cl)cc2C(F)(F)F)C1. The Morgan fingerprint density at radius 3 is 2.47 bits per heavy atom. The summed E-state index contributed by atoms with van der Waals surface area (Å²) in [5.74, 6) is 0.592. The summed E-state index contributed by atoms with van der Waals surface area (Å²) in [6.45, 7) is 2.09. The number of benzene rings is 1. The average Bonchev–Trinajstić information content (AvgIpc) is 2.16. The van der Waals surface area contributed by atoms with Crippen molar-refractivity contribution < 1.29 is 13.2 Å². The van der Waals surface area contributed by atoms with Crippen molar-refractivity contribution in [3.05, 3.63) is 28.8 Å². The minimum atomic E-state index is -4.37. The Kier molecular flexibility index (Phi) is 3.25. The van der Waals surface area contributed by atoms with Crippen molar-refractivity contribution in [2.24, 2.45) is 5.92 Å². The topological polar surface area (TPSA) is 12.0 Å². The van der Waals surface area contributed by atoms with Crippen molar-refractivity contribution in [1.82, 2.24) is 0 Å². The fraction of sp³-hybridized carbons (Fsp3) is 0.500. The van der Waals surface area contributed by atoms with E-state index < -0.39 is 11.7 Å². The second-order valence-electron chi connectivity index (χ2n) is 4.61. The highest BCUT2D eigenvalue weighted by molar-refractivity contribution is 6.30. The van der Waals surface area contributed by atoms with Gasteiger partial charge in [0, 0.05) is 16.8 Å². The van der Waals surface area contributed by atoms with Gasteiger partial charge in [0.25, 0.3) is 0 Å². The summed E-state index contributed by atoms with van der Waals surface area (Å²) < 4.78 is 38.3. The van der Waals surface area contributed by atoms with Crippen LogP contribution in [0.15, 0.2) is 18.2 Å². The Morgan fingerprint density at radius 2 is 1.94 bits per heavy atom. The maximum Gasteiger partial charge on any atom is 0.418 e. The molecule has 0 radical (unpaired) electrons. The minimum Gasteiger partial charge on any atom is -0.382 e. The molecular formula is C12H13ClF3N. The van der Waals surface area contributed by atoms with E-state index in [1.165, 1.54) is 12.1 Å². The van der Waals surface area contributed by atoms with E-state index in [4.69, 9.17) is 11.6 Å². The standard InChI is InChI=1S/C12H13ClF3N/c1-7-4-9(5-7)17-11-3-2-8(13)6-10(11)12(14,15)16/h2-3,6-7,9,17H,4-5H2,1H3. The highest BCUT2D eigenvalue weighted by Crippen LogP contribution is 2.38. The monoisotopic (exact) mass is 263 g/mol. The molecule has 0 unspecified atom stereocenters. The van der Waals surface area contributed by atoms with Gasteiger partial charge in [-0.25, -0.2) is 0 Å². The van der Waals surface area contributed by atoms with Crippen LogP contribution in [0.3, 0.4) is 0 Å². The van der Waals surface area contributed by atoms with Crippen LogP contribution in [0.4, 0.5) is 18.9 Å². The second-order valence-corrected chi connectivity index (χ2v) is 5.04. The molecule has 94 valence electrons. The maximum absolute atomic E-state index is 12.8. The number of hydrogen-bond acceptors (Lipinski definition) is 1. The van der Waals surface area contributed by atoms with Crippen molar-refractivity contribution in [1.29, 1.82) is 0 Å². The first-order chi connectivity index (χ1) is 7.86. The van der Waals surface area contributed by atoms with E-state index in [0.717, 1.165) is 18.9 Å². The third-order valence-electron chi connectivity index (χ3n) is 3.02. The lowest BCUT2D eigenvalue weighted by Gasteiger charge is -2.34. The van der Waals surface area contributed by atoms with E-state index in [0.29, 0.717) is 5.92 Å². The number of nitrogens with one attached hydrogen (secondary N) is 1. The van der Waals surface area contributed by atoms with Crippen LogP contribution in [-0.2, 0) is 6.18 Å². The summed E-state index contributed by atoms with van der Waals surface area (Å²) >= 11 is 5.60. The van der Waals surface area contributed by atoms with Gasteiger partial charge in [-0.15, -0.1) is 0 Å². The van der Waals surface area contributed by atoms with Crippen LogP contribution < -0.4 is 5.32 Å². The fourth-order valence-corrected chi connectivity index (χ4v) is 2.29. The number of rotatable bonds is 2. The molecule has 0 spiro atoms. The van der Waals surface area contributed by atoms with Gasteiger partial charge in [-0.1, -0.05) is 18.5 Å². The first kappa shape index (κ1) is 12.6. The Morgan fingerprint density at radius 1 is 1.29 bits per heavy atom. The molecule has 1 aliphatic rings. The van der Waals surface area contributed by atoms with Crippen molar-refractivity contribution in [2.75, 3.05) is 5.32 Å². The van der Waals surface area contributed by atoms with Gasteiger partial charge < -0.3 is 5.32 Å². The summed E-state index contributed by atoms with van der Waals surface area (Å²) in [5, 5.41) is 3.03. The molecule has 1 saturated carbocycles. The normalized spacial score (nSPS) is 24.3. The van der Waals surface area contributed by atoms with E-state index in [1.807, 2.05) is 0 Å². The highest BCUT2D eigenvalue weighted by atomic mass is 35.5. The smallest absolute Gasteiger partial charge is 0.382 e. The zero-order chi connectivity index (χ0) is 12.6. The molecule has 0 aromatic heterocycles. The number of hydrogen-bond donors (Lipinski definition) is 1. The van der Waals surface area contributed by atoms with Crippen LogP contribution in [0.5, 0.6) is 0 Å². The summed E-state index contributed by atoms with van der Waals surface area (Å²) in [6, 6.07) is 3.98. The molecule has 0 heterocycles. The molecule has 5 heteroatoms. The van der Waals surface area contributed by atoms with Gasteiger partial charge in [-0.3, -0.25) is 0 Å². The molecule has 1 aliphatic carbocycles. The molecule has 0 bridgehead atoms. The van der Waals surface area contributed by atoms with E-state index in [9.17, 15) is 13.2 Å². The molecule has 1 N–H and O–H groups in total. The van der Waals surface area contributed by atoms with Gasteiger partial charge in [0.15, 0.2) is 0 Å². The largest absolute Gasteiger partial charge is 0.418 e. The van der Waals surface area contributed by atoms with Gasteiger partial charge in [0.05, 0.1) is 5.56 Å². The van der Waals surface area contributed by atoms with Gasteiger partial charge in [0.2, 0.25) is 0 Å². The van der Waals surface area contributed by atoms with Crippen LogP contribution >= 0.6 is 11.6 Å². The van der Waals surface area contributed by atoms with Crippen LogP contribution in [0.2, 0.25) is 5.02 Å². The van der Waals surface area contributed by atoms with Gasteiger partial charge in [-0.2, -0.15) is 13.2 Å². The summed E-state index contributed by atoms with van der Waals surface area (Å²) in [5.41, 5.74) is -0.566. The quantitative estimate of drug-likeness (QED) is 0.824. The first-order valence-corrected chi connectivity index (χ1v) is 5.87. The zero-order valence-corrected chi connectivity index (χ0v) is 10.1. The van der Waals surface area contributed by atoms with Gasteiger partial charge >= 0.3 is 6.18 Å². The number of alkyl halides is 3. The van der Waals surface area contributed by atoms with E-state index >= 15 is 0 Å². The number of halogens is 4. The average molecular weight is 264 g/mol. The Balaban J connectivity index is 2.21. The molecule has 0 atom stereocenters. The highest BCUT2D eigenvalue weighted by Gasteiger charge is 2.35. The lowest BCUT2D eigenvalue weighted by atomic mass is 9.81. The van der Waals surface area contributed by atoms with Crippen molar-refractivity contribution in [3.8, 4) is 0 Å². The lowest BCUT2D eigenvalue weighted by Crippen LogP contribution is -2.34. The maximum atomic E-state index is 12.8. The molecule has 2 rings (SSSR count). The van der Waals surface area contributed by atoms with Crippen LogP contribution in [0, 0.1) is 5.92 Å². The fourth-order valence-electron chi connectivity index (χ4n) is 2.12. The zero-order valence-electron chi connectivity index (χ0n) is 9.31. The van der Waals surface area contributed by atoms with Crippen molar-refractivity contribution >= 4 is 17.3 Å². The lowest BCUT2D eigenvalue weighted by molar-refractivity contribution is -0.137. The van der Waals surface area contributed by atoms with Crippen LogP contribution in [0.25, 0.3) is 0 Å². The molecule has 17 heavy (non-hydrogen) atoms. The molecule has 0 aliphatic heterocycles. The second kappa shape index (κ2) is 4.41. The first-order valence-electron chi connectivity index (χ1n) is 5.49. The molecule has 1 nitrogen and oxygen atoms in total. The predicted molar refractivity (Wildman–Crippen MR) is 62.3 cm³/mol. The Labute approximate surface area is 103 Å². The molecule has 1 fully saturated rings. The van der Waals surface area contributed by atoms with Gasteiger partial charge in [0.1, 0.15) is 0 Å². The molecule has 1 aromatic carbocycles.